The van der Waals surface area contributed by atoms with E-state index in [1.165, 1.54) is 5.69 Å². The van der Waals surface area contributed by atoms with Crippen molar-refractivity contribution in [3.63, 3.8) is 0 Å². The number of rotatable bonds is 6. The van der Waals surface area contributed by atoms with Gasteiger partial charge in [-0.2, -0.15) is 4.98 Å². The van der Waals surface area contributed by atoms with Crippen molar-refractivity contribution < 1.29 is 14.3 Å². The number of anilines is 4. The predicted octanol–water partition coefficient (Wildman–Crippen LogP) is 5.62. The van der Waals surface area contributed by atoms with E-state index in [1.54, 1.807) is 6.20 Å². The second kappa shape index (κ2) is 10.2. The SMILES string of the molecule is CC(C)(C)OC(=O)Nc1cccc(-n2c(C3CC3)nc3cnc(Nc4ccc(N5CCOCC5)cc4)nc32)c1. The fourth-order valence-electron chi connectivity index (χ4n) is 4.67. The maximum atomic E-state index is 12.4. The third-order valence-electron chi connectivity index (χ3n) is 6.62. The molecular weight excluding hydrogens is 494 g/mol. The van der Waals surface area contributed by atoms with Gasteiger partial charge >= 0.3 is 6.09 Å². The number of carbonyl (C=O) groups is 1. The maximum Gasteiger partial charge on any atom is 0.412 e. The van der Waals surface area contributed by atoms with Gasteiger partial charge in [0.15, 0.2) is 5.65 Å². The minimum atomic E-state index is -0.579. The third kappa shape index (κ3) is 5.80. The molecule has 0 atom stereocenters. The molecule has 2 aliphatic rings. The minimum Gasteiger partial charge on any atom is -0.444 e. The van der Waals surface area contributed by atoms with Crippen molar-refractivity contribution in [2.45, 2.75) is 45.1 Å². The molecule has 6 rings (SSSR count). The Morgan fingerprint density at radius 1 is 1.00 bits per heavy atom. The van der Waals surface area contributed by atoms with Crippen LogP contribution < -0.4 is 15.5 Å². The summed E-state index contributed by atoms with van der Waals surface area (Å²) >= 11 is 0. The largest absolute Gasteiger partial charge is 0.444 e. The van der Waals surface area contributed by atoms with Gasteiger partial charge in [0.2, 0.25) is 5.95 Å². The summed E-state index contributed by atoms with van der Waals surface area (Å²) in [5.41, 5.74) is 4.45. The van der Waals surface area contributed by atoms with Gasteiger partial charge in [-0.25, -0.2) is 14.8 Å². The van der Waals surface area contributed by atoms with Crippen LogP contribution in [0.2, 0.25) is 0 Å². The standard InChI is InChI=1S/C29H33N7O3/c1-29(2,3)39-28(37)32-21-5-4-6-23(17-21)36-25(19-7-8-19)33-24-18-30-27(34-26(24)36)31-20-9-11-22(12-10-20)35-13-15-38-16-14-35/h4-6,9-12,17-19H,7-8,13-16H2,1-3H3,(H,32,37)(H,30,31,34). The van der Waals surface area contributed by atoms with Gasteiger partial charge in [0.1, 0.15) is 16.9 Å². The smallest absolute Gasteiger partial charge is 0.412 e. The second-order valence-corrected chi connectivity index (χ2v) is 10.9. The number of ether oxygens (including phenoxy) is 2. The summed E-state index contributed by atoms with van der Waals surface area (Å²) in [6, 6.07) is 15.9. The maximum absolute atomic E-state index is 12.4. The molecular formula is C29H33N7O3. The number of nitrogens with one attached hydrogen (secondary N) is 2. The molecule has 10 nitrogen and oxygen atoms in total. The van der Waals surface area contributed by atoms with Crippen LogP contribution in [0.25, 0.3) is 16.9 Å². The number of morpholine rings is 1. The molecule has 1 amide bonds. The number of benzene rings is 2. The Hall–Kier alpha value is -4.18. The van der Waals surface area contributed by atoms with Crippen LogP contribution in [-0.4, -0.2) is 57.5 Å². The Morgan fingerprint density at radius 2 is 1.77 bits per heavy atom. The summed E-state index contributed by atoms with van der Waals surface area (Å²) in [4.78, 5) is 29.0. The summed E-state index contributed by atoms with van der Waals surface area (Å²) in [5.74, 6) is 1.83. The number of amides is 1. The van der Waals surface area contributed by atoms with Crippen molar-refractivity contribution in [1.29, 1.82) is 0 Å². The molecule has 2 N–H and O–H groups in total. The highest BCUT2D eigenvalue weighted by Crippen LogP contribution is 2.41. The average molecular weight is 528 g/mol. The second-order valence-electron chi connectivity index (χ2n) is 10.9. The molecule has 1 aliphatic carbocycles. The number of hydrogen-bond donors (Lipinski definition) is 2. The number of imidazole rings is 1. The van der Waals surface area contributed by atoms with Crippen molar-refractivity contribution in [2.24, 2.45) is 0 Å². The quantitative estimate of drug-likeness (QED) is 0.333. The monoisotopic (exact) mass is 527 g/mol. The predicted molar refractivity (Wildman–Crippen MR) is 151 cm³/mol. The number of fused-ring (bicyclic) bond motifs is 1. The third-order valence-corrected chi connectivity index (χ3v) is 6.62. The van der Waals surface area contributed by atoms with E-state index in [1.807, 2.05) is 57.2 Å². The average Bonchev–Trinajstić information content (AvgIpc) is 3.69. The van der Waals surface area contributed by atoms with E-state index >= 15 is 0 Å². The van der Waals surface area contributed by atoms with Crippen LogP contribution in [0.3, 0.4) is 0 Å². The molecule has 1 saturated heterocycles. The van der Waals surface area contributed by atoms with Crippen LogP contribution in [0.1, 0.15) is 45.4 Å². The Bertz CT molecular complexity index is 1480. The Balaban J connectivity index is 1.28. The van der Waals surface area contributed by atoms with E-state index in [-0.39, 0.29) is 0 Å². The van der Waals surface area contributed by atoms with E-state index in [2.05, 4.69) is 37.2 Å². The number of nitrogens with zero attached hydrogens (tertiary/aromatic N) is 5. The van der Waals surface area contributed by atoms with Crippen LogP contribution in [0.4, 0.5) is 27.8 Å². The minimum absolute atomic E-state index is 0.380. The first-order chi connectivity index (χ1) is 18.8. The van der Waals surface area contributed by atoms with Crippen LogP contribution in [0, 0.1) is 0 Å². The molecule has 2 aromatic carbocycles. The summed E-state index contributed by atoms with van der Waals surface area (Å²) in [6.45, 7) is 8.82. The molecule has 0 radical (unpaired) electrons. The van der Waals surface area contributed by atoms with Gasteiger partial charge in [0, 0.05) is 36.1 Å². The molecule has 0 spiro atoms. The van der Waals surface area contributed by atoms with Crippen molar-refractivity contribution in [3.05, 3.63) is 60.6 Å². The van der Waals surface area contributed by atoms with Gasteiger partial charge in [-0.15, -0.1) is 0 Å². The highest BCUT2D eigenvalue weighted by atomic mass is 16.6. The van der Waals surface area contributed by atoms with Gasteiger partial charge < -0.3 is 19.7 Å². The first kappa shape index (κ1) is 25.1. The fourth-order valence-corrected chi connectivity index (χ4v) is 4.67. The fraction of sp³-hybridized carbons (Fsp3) is 0.379. The lowest BCUT2D eigenvalue weighted by atomic mass is 10.2. The Morgan fingerprint density at radius 3 is 2.49 bits per heavy atom. The van der Waals surface area contributed by atoms with Gasteiger partial charge in [0.25, 0.3) is 0 Å². The topological polar surface area (TPSA) is 106 Å². The number of hydrogen-bond acceptors (Lipinski definition) is 8. The van der Waals surface area contributed by atoms with Gasteiger partial charge in [-0.1, -0.05) is 6.07 Å². The summed E-state index contributed by atoms with van der Waals surface area (Å²) < 4.78 is 13.0. The van der Waals surface area contributed by atoms with Crippen LogP contribution >= 0.6 is 0 Å². The summed E-state index contributed by atoms with van der Waals surface area (Å²) in [5, 5.41) is 6.17. The van der Waals surface area contributed by atoms with E-state index in [4.69, 9.17) is 19.4 Å². The zero-order valence-electron chi connectivity index (χ0n) is 22.5. The molecule has 39 heavy (non-hydrogen) atoms. The van der Waals surface area contributed by atoms with Crippen molar-refractivity contribution in [2.75, 3.05) is 41.8 Å². The number of aromatic nitrogens is 4. The zero-order valence-corrected chi connectivity index (χ0v) is 22.5. The normalized spacial score (nSPS) is 15.8. The Kier molecular flexibility index (Phi) is 6.56. The lowest BCUT2D eigenvalue weighted by Gasteiger charge is -2.28. The first-order valence-corrected chi connectivity index (χ1v) is 13.4. The summed E-state index contributed by atoms with van der Waals surface area (Å²) in [6.07, 6.45) is 3.45. The van der Waals surface area contributed by atoms with Crippen LogP contribution in [-0.2, 0) is 9.47 Å². The molecule has 2 fully saturated rings. The molecule has 1 saturated carbocycles. The first-order valence-electron chi connectivity index (χ1n) is 13.4. The van der Waals surface area contributed by atoms with Crippen molar-refractivity contribution >= 4 is 40.3 Å². The molecule has 3 heterocycles. The van der Waals surface area contributed by atoms with E-state index in [9.17, 15) is 4.79 Å². The number of carbonyl (C=O) groups excluding carboxylic acids is 1. The molecule has 10 heteroatoms. The van der Waals surface area contributed by atoms with E-state index in [0.717, 1.165) is 61.9 Å². The van der Waals surface area contributed by atoms with Gasteiger partial charge in [-0.05, 0) is 76.1 Å². The van der Waals surface area contributed by atoms with Crippen molar-refractivity contribution in [1.82, 2.24) is 19.5 Å². The highest BCUT2D eigenvalue weighted by Gasteiger charge is 2.31. The van der Waals surface area contributed by atoms with Crippen molar-refractivity contribution in [3.8, 4) is 5.69 Å². The molecule has 202 valence electrons. The van der Waals surface area contributed by atoms with Crippen LogP contribution in [0.15, 0.2) is 54.7 Å². The Labute approximate surface area is 227 Å². The molecule has 2 aromatic heterocycles. The zero-order chi connectivity index (χ0) is 27.0. The van der Waals surface area contributed by atoms with Gasteiger partial charge in [0.05, 0.1) is 25.1 Å². The van der Waals surface area contributed by atoms with Crippen LogP contribution in [0.5, 0.6) is 0 Å². The molecule has 0 bridgehead atoms. The molecule has 4 aromatic rings. The van der Waals surface area contributed by atoms with Gasteiger partial charge in [-0.3, -0.25) is 9.88 Å². The molecule has 0 unspecified atom stereocenters. The van der Waals surface area contributed by atoms with E-state index in [0.29, 0.717) is 23.2 Å². The lowest BCUT2D eigenvalue weighted by molar-refractivity contribution is 0.0636. The summed E-state index contributed by atoms with van der Waals surface area (Å²) in [7, 11) is 0. The lowest BCUT2D eigenvalue weighted by Crippen LogP contribution is -2.36. The molecule has 1 aliphatic heterocycles. The van der Waals surface area contributed by atoms with E-state index < -0.39 is 11.7 Å². The highest BCUT2D eigenvalue weighted by molar-refractivity contribution is 5.85.